The summed E-state index contributed by atoms with van der Waals surface area (Å²) in [5.41, 5.74) is 0.304. The molecule has 0 saturated heterocycles. The topological polar surface area (TPSA) is 69.4 Å². The summed E-state index contributed by atoms with van der Waals surface area (Å²) in [6.07, 6.45) is -4.74. The Bertz CT molecular complexity index is 952. The van der Waals surface area contributed by atoms with E-state index in [-0.39, 0.29) is 27.4 Å². The Morgan fingerprint density at radius 1 is 1.30 bits per heavy atom. The number of alkyl halides is 3. The first-order chi connectivity index (χ1) is 10.7. The van der Waals surface area contributed by atoms with Crippen molar-refractivity contribution in [2.24, 2.45) is 0 Å². The van der Waals surface area contributed by atoms with Crippen molar-refractivity contribution in [1.29, 1.82) is 0 Å². The Morgan fingerprint density at radius 2 is 2.00 bits per heavy atom. The lowest BCUT2D eigenvalue weighted by Gasteiger charge is -2.11. The molecule has 2 aromatic heterocycles. The number of hydrogen-bond acceptors (Lipinski definition) is 5. The van der Waals surface area contributed by atoms with E-state index in [4.69, 9.17) is 11.6 Å². The maximum Gasteiger partial charge on any atom is 0.452 e. The van der Waals surface area contributed by atoms with E-state index in [1.54, 1.807) is 6.92 Å². The fourth-order valence-corrected chi connectivity index (χ4v) is 2.50. The molecule has 3 rings (SSSR count). The minimum atomic E-state index is -4.74. The van der Waals surface area contributed by atoms with E-state index in [1.165, 1.54) is 12.1 Å². The number of ether oxygens (including phenoxy) is 1. The van der Waals surface area contributed by atoms with Gasteiger partial charge < -0.3 is 4.74 Å². The van der Waals surface area contributed by atoms with Crippen molar-refractivity contribution in [2.45, 2.75) is 13.1 Å². The maximum absolute atomic E-state index is 13.2. The lowest BCUT2D eigenvalue weighted by Crippen LogP contribution is -2.13. The Labute approximate surface area is 131 Å². The average Bonchev–Trinajstić information content (AvgIpc) is 2.92. The molecule has 2 heterocycles. The highest BCUT2D eigenvalue weighted by Gasteiger charge is 2.38. The number of methoxy groups -OCH3 is 1. The number of aromatic nitrogens is 4. The second-order valence-corrected chi connectivity index (χ2v) is 5.11. The van der Waals surface area contributed by atoms with Gasteiger partial charge in [-0.25, -0.2) is 9.78 Å². The van der Waals surface area contributed by atoms with Crippen molar-refractivity contribution >= 4 is 34.3 Å². The average molecular weight is 345 g/mol. The van der Waals surface area contributed by atoms with Gasteiger partial charge in [0, 0.05) is 0 Å². The molecule has 0 fully saturated rings. The van der Waals surface area contributed by atoms with Crippen LogP contribution in [0, 0.1) is 6.92 Å². The highest BCUT2D eigenvalue weighted by Crippen LogP contribution is 2.32. The monoisotopic (exact) mass is 344 g/mol. The fraction of sp³-hybridized carbons (Fsp3) is 0.231. The van der Waals surface area contributed by atoms with Gasteiger partial charge in [-0.3, -0.25) is 4.40 Å². The number of aryl methyl sites for hydroxylation is 1. The third-order valence-corrected chi connectivity index (χ3v) is 3.44. The molecule has 0 aliphatic heterocycles. The van der Waals surface area contributed by atoms with E-state index >= 15 is 0 Å². The second kappa shape index (κ2) is 5.05. The van der Waals surface area contributed by atoms with Crippen molar-refractivity contribution in [3.63, 3.8) is 0 Å². The van der Waals surface area contributed by atoms with E-state index < -0.39 is 18.0 Å². The summed E-state index contributed by atoms with van der Waals surface area (Å²) in [6.45, 7) is 1.63. The van der Waals surface area contributed by atoms with Crippen LogP contribution in [0.4, 0.5) is 13.2 Å². The number of benzene rings is 1. The van der Waals surface area contributed by atoms with E-state index in [9.17, 15) is 18.0 Å². The van der Waals surface area contributed by atoms with Gasteiger partial charge in [-0.15, -0.1) is 10.2 Å². The van der Waals surface area contributed by atoms with E-state index in [0.29, 0.717) is 5.56 Å². The minimum Gasteiger partial charge on any atom is -0.465 e. The summed E-state index contributed by atoms with van der Waals surface area (Å²) >= 11 is 5.91. The molecule has 3 aromatic rings. The molecule has 0 radical (unpaired) electrons. The summed E-state index contributed by atoms with van der Waals surface area (Å²) in [5, 5.41) is 6.29. The van der Waals surface area contributed by atoms with Crippen molar-refractivity contribution in [3.05, 3.63) is 34.2 Å². The molecular formula is C13H8ClF3N4O2. The molecule has 0 aliphatic rings. The van der Waals surface area contributed by atoms with Crippen LogP contribution in [0.1, 0.15) is 21.7 Å². The van der Waals surface area contributed by atoms with Gasteiger partial charge in [-0.05, 0) is 24.6 Å². The molecule has 10 heteroatoms. The molecule has 6 nitrogen and oxygen atoms in total. The lowest BCUT2D eigenvalue weighted by molar-refractivity contribution is -0.145. The number of esters is 1. The Morgan fingerprint density at radius 3 is 2.61 bits per heavy atom. The van der Waals surface area contributed by atoms with Crippen LogP contribution in [-0.4, -0.2) is 32.7 Å². The van der Waals surface area contributed by atoms with Gasteiger partial charge in [0.05, 0.1) is 18.2 Å². The molecule has 0 aliphatic carbocycles. The zero-order valence-corrected chi connectivity index (χ0v) is 12.5. The molecule has 0 saturated carbocycles. The molecular weight excluding hydrogens is 337 g/mol. The minimum absolute atomic E-state index is 0.00752. The molecule has 1 aromatic carbocycles. The third kappa shape index (κ3) is 2.37. The Kier molecular flexibility index (Phi) is 3.40. The molecule has 120 valence electrons. The first-order valence-electron chi connectivity index (χ1n) is 6.24. The van der Waals surface area contributed by atoms with Gasteiger partial charge in [-0.2, -0.15) is 13.2 Å². The summed E-state index contributed by atoms with van der Waals surface area (Å²) in [5.74, 6) is -1.98. The van der Waals surface area contributed by atoms with E-state index in [1.807, 2.05) is 0 Å². The van der Waals surface area contributed by atoms with Gasteiger partial charge in [0.15, 0.2) is 10.8 Å². The Hall–Kier alpha value is -2.42. The smallest absolute Gasteiger partial charge is 0.452 e. The molecule has 0 amide bonds. The zero-order chi connectivity index (χ0) is 16.9. The second-order valence-electron chi connectivity index (χ2n) is 4.75. The molecule has 0 spiro atoms. The largest absolute Gasteiger partial charge is 0.465 e. The Balaban J connectivity index is 2.55. The van der Waals surface area contributed by atoms with E-state index in [2.05, 4.69) is 19.9 Å². The molecule has 0 unspecified atom stereocenters. The maximum atomic E-state index is 13.2. The number of nitrogens with zero attached hydrogens (tertiary/aromatic N) is 4. The number of fused-ring (bicyclic) bond motifs is 3. The van der Waals surface area contributed by atoms with Crippen LogP contribution in [0.25, 0.3) is 16.7 Å². The normalized spacial score (nSPS) is 12.1. The first-order valence-corrected chi connectivity index (χ1v) is 6.62. The van der Waals surface area contributed by atoms with E-state index in [0.717, 1.165) is 11.5 Å². The van der Waals surface area contributed by atoms with Crippen molar-refractivity contribution in [1.82, 2.24) is 19.6 Å². The van der Waals surface area contributed by atoms with Crippen molar-refractivity contribution in [3.8, 4) is 0 Å². The SMILES string of the molecule is COC(=O)c1cc(C)cc2c1nc(Cl)c1nnc(C(F)(F)F)n12. The molecule has 0 N–H and O–H groups in total. The highest BCUT2D eigenvalue weighted by atomic mass is 35.5. The van der Waals surface area contributed by atoms with Crippen LogP contribution in [0.5, 0.6) is 0 Å². The van der Waals surface area contributed by atoms with Gasteiger partial charge in [0.1, 0.15) is 5.52 Å². The fourth-order valence-electron chi connectivity index (χ4n) is 2.29. The van der Waals surface area contributed by atoms with Gasteiger partial charge in [0.25, 0.3) is 0 Å². The summed E-state index contributed by atoms with van der Waals surface area (Å²) in [7, 11) is 1.16. The van der Waals surface area contributed by atoms with Crippen LogP contribution >= 0.6 is 11.6 Å². The first kappa shape index (κ1) is 15.5. The summed E-state index contributed by atoms with van der Waals surface area (Å²) in [6, 6.07) is 2.90. The van der Waals surface area contributed by atoms with Crippen LogP contribution in [0.3, 0.4) is 0 Å². The standard InChI is InChI=1S/C13H8ClF3N4O2/c1-5-3-6(11(22)23-2)8-7(4-5)21-10(9(14)18-8)19-20-12(21)13(15,16)17/h3-4H,1-2H3. The summed E-state index contributed by atoms with van der Waals surface area (Å²) < 4.78 is 44.9. The number of carbonyl (C=O) groups excluding carboxylic acids is 1. The number of rotatable bonds is 1. The third-order valence-electron chi connectivity index (χ3n) is 3.19. The quantitative estimate of drug-likeness (QED) is 0.635. The van der Waals surface area contributed by atoms with Crippen molar-refractivity contribution < 1.29 is 22.7 Å². The summed E-state index contributed by atoms with van der Waals surface area (Å²) in [4.78, 5) is 15.9. The van der Waals surface area contributed by atoms with Gasteiger partial charge in [0.2, 0.25) is 5.82 Å². The van der Waals surface area contributed by atoms with Crippen LogP contribution < -0.4 is 0 Å². The molecule has 0 bridgehead atoms. The van der Waals surface area contributed by atoms with Crippen LogP contribution in [-0.2, 0) is 10.9 Å². The zero-order valence-electron chi connectivity index (χ0n) is 11.8. The predicted octanol–water partition coefficient (Wildman–Crippen LogP) is 3.04. The van der Waals surface area contributed by atoms with Crippen LogP contribution in [0.2, 0.25) is 5.15 Å². The number of carbonyl (C=O) groups is 1. The number of halogens is 4. The van der Waals surface area contributed by atoms with Crippen molar-refractivity contribution in [2.75, 3.05) is 7.11 Å². The molecule has 0 atom stereocenters. The molecule has 23 heavy (non-hydrogen) atoms. The highest BCUT2D eigenvalue weighted by molar-refractivity contribution is 6.32. The lowest BCUT2D eigenvalue weighted by atomic mass is 10.1. The number of hydrogen-bond donors (Lipinski definition) is 0. The van der Waals surface area contributed by atoms with Gasteiger partial charge >= 0.3 is 12.1 Å². The predicted molar refractivity (Wildman–Crippen MR) is 74.4 cm³/mol. The van der Waals surface area contributed by atoms with Gasteiger partial charge in [-0.1, -0.05) is 11.6 Å². The van der Waals surface area contributed by atoms with Crippen LogP contribution in [0.15, 0.2) is 12.1 Å².